The topological polar surface area (TPSA) is 17.1 Å². The number of carbonyl (C=O) groups excluding carboxylic acids is 1. The fraction of sp³-hybridized carbons (Fsp3) is 0.615. The second-order valence-corrected chi connectivity index (χ2v) is 4.47. The first-order valence-corrected chi connectivity index (χ1v) is 5.41. The quantitative estimate of drug-likeness (QED) is 0.607. The summed E-state index contributed by atoms with van der Waals surface area (Å²) in [5.41, 5.74) is 2.80. The van der Waals surface area contributed by atoms with Crippen LogP contribution >= 0.6 is 0 Å². The lowest BCUT2D eigenvalue weighted by Crippen LogP contribution is -1.81. The molecule has 0 aromatic heterocycles. The highest BCUT2D eigenvalue weighted by Crippen LogP contribution is 2.28. The van der Waals surface area contributed by atoms with Crippen molar-refractivity contribution in [2.24, 2.45) is 5.92 Å². The molecule has 0 amide bonds. The molecule has 1 nitrogen and oxygen atoms in total. The molecule has 1 aliphatic rings. The summed E-state index contributed by atoms with van der Waals surface area (Å²) >= 11 is 0. The minimum Gasteiger partial charge on any atom is -0.299 e. The molecule has 14 heavy (non-hydrogen) atoms. The predicted octanol–water partition coefficient (Wildman–Crippen LogP) is 3.66. The standard InChI is InChI=1S/C13H20O/c1-10(2)5-4-6-11(3)7-8-12-9-13(12)14/h5,7,12H,4,6,8-9H2,1-3H3/b11-7+. The fourth-order valence-electron chi connectivity index (χ4n) is 1.43. The second kappa shape index (κ2) is 5.14. The van der Waals surface area contributed by atoms with Crippen molar-refractivity contribution in [1.82, 2.24) is 0 Å². The maximum absolute atomic E-state index is 10.8. The highest BCUT2D eigenvalue weighted by Gasteiger charge is 2.32. The molecular weight excluding hydrogens is 172 g/mol. The molecular formula is C13H20O. The molecule has 1 aliphatic carbocycles. The van der Waals surface area contributed by atoms with Crippen LogP contribution < -0.4 is 0 Å². The first kappa shape index (κ1) is 11.2. The van der Waals surface area contributed by atoms with Crippen LogP contribution in [0.1, 0.15) is 46.5 Å². The smallest absolute Gasteiger partial charge is 0.137 e. The summed E-state index contributed by atoms with van der Waals surface area (Å²) in [6.45, 7) is 6.41. The molecule has 0 N–H and O–H groups in total. The molecule has 1 rings (SSSR count). The molecule has 0 aromatic rings. The summed E-state index contributed by atoms with van der Waals surface area (Å²) in [5, 5.41) is 0. The molecule has 1 heteroatoms. The van der Waals surface area contributed by atoms with Crippen LogP contribution in [-0.4, -0.2) is 5.78 Å². The molecule has 78 valence electrons. The number of Topliss-reactive ketones (excluding diaryl/α,β-unsaturated/α-hetero) is 1. The Kier molecular flexibility index (Phi) is 4.12. The van der Waals surface area contributed by atoms with Crippen LogP contribution in [0.2, 0.25) is 0 Å². The van der Waals surface area contributed by atoms with Crippen LogP contribution in [0.3, 0.4) is 0 Å². The highest BCUT2D eigenvalue weighted by molar-refractivity contribution is 5.96. The summed E-state index contributed by atoms with van der Waals surface area (Å²) in [4.78, 5) is 10.8. The number of rotatable bonds is 5. The zero-order valence-electron chi connectivity index (χ0n) is 9.47. The Balaban J connectivity index is 2.17. The van der Waals surface area contributed by atoms with Crippen molar-refractivity contribution >= 4 is 5.78 Å². The first-order chi connectivity index (χ1) is 6.59. The summed E-state index contributed by atoms with van der Waals surface area (Å²) in [5.74, 6) is 0.812. The van der Waals surface area contributed by atoms with Crippen molar-refractivity contribution in [3.8, 4) is 0 Å². The Hall–Kier alpha value is -0.850. The number of ketones is 1. The van der Waals surface area contributed by atoms with E-state index in [1.807, 2.05) is 0 Å². The van der Waals surface area contributed by atoms with E-state index in [0.29, 0.717) is 11.7 Å². The van der Waals surface area contributed by atoms with Gasteiger partial charge in [-0.1, -0.05) is 23.3 Å². The van der Waals surface area contributed by atoms with Crippen molar-refractivity contribution in [2.75, 3.05) is 0 Å². The molecule has 0 aromatic carbocycles. The summed E-state index contributed by atoms with van der Waals surface area (Å²) in [6, 6.07) is 0. The van der Waals surface area contributed by atoms with Crippen LogP contribution in [0.15, 0.2) is 23.3 Å². The van der Waals surface area contributed by atoms with Gasteiger partial charge in [-0.25, -0.2) is 0 Å². The van der Waals surface area contributed by atoms with Crippen molar-refractivity contribution in [2.45, 2.75) is 46.5 Å². The van der Waals surface area contributed by atoms with Crippen LogP contribution in [0, 0.1) is 5.92 Å². The van der Waals surface area contributed by atoms with Gasteiger partial charge in [0, 0.05) is 12.3 Å². The molecule has 0 spiro atoms. The monoisotopic (exact) mass is 192 g/mol. The highest BCUT2D eigenvalue weighted by atomic mass is 16.1. The van der Waals surface area contributed by atoms with E-state index in [9.17, 15) is 4.79 Å². The largest absolute Gasteiger partial charge is 0.299 e. The normalized spacial score (nSPS) is 20.9. The molecule has 1 atom stereocenters. The molecule has 1 unspecified atom stereocenters. The van der Waals surface area contributed by atoms with E-state index in [2.05, 4.69) is 32.9 Å². The lowest BCUT2D eigenvalue weighted by Gasteiger charge is -1.98. The Morgan fingerprint density at radius 2 is 2.00 bits per heavy atom. The van der Waals surface area contributed by atoms with Crippen molar-refractivity contribution in [3.63, 3.8) is 0 Å². The number of hydrogen-bond acceptors (Lipinski definition) is 1. The lowest BCUT2D eigenvalue weighted by molar-refractivity contribution is -0.111. The molecule has 1 fully saturated rings. The molecule has 0 bridgehead atoms. The van der Waals surface area contributed by atoms with Gasteiger partial charge in [-0.05, 0) is 40.0 Å². The number of hydrogen-bond donors (Lipinski definition) is 0. The maximum atomic E-state index is 10.8. The average molecular weight is 192 g/mol. The van der Waals surface area contributed by atoms with Gasteiger partial charge >= 0.3 is 0 Å². The van der Waals surface area contributed by atoms with Gasteiger partial charge in [-0.2, -0.15) is 0 Å². The summed E-state index contributed by atoms with van der Waals surface area (Å²) in [7, 11) is 0. The Morgan fingerprint density at radius 1 is 1.36 bits per heavy atom. The van der Waals surface area contributed by atoms with Gasteiger partial charge in [0.15, 0.2) is 0 Å². The van der Waals surface area contributed by atoms with Gasteiger partial charge in [0.1, 0.15) is 5.78 Å². The lowest BCUT2D eigenvalue weighted by atomic mass is 10.1. The van der Waals surface area contributed by atoms with E-state index >= 15 is 0 Å². The van der Waals surface area contributed by atoms with Crippen molar-refractivity contribution in [1.29, 1.82) is 0 Å². The summed E-state index contributed by atoms with van der Waals surface area (Å²) < 4.78 is 0. The van der Waals surface area contributed by atoms with Gasteiger partial charge in [0.05, 0.1) is 0 Å². The maximum Gasteiger partial charge on any atom is 0.137 e. The molecule has 0 saturated heterocycles. The molecule has 0 aliphatic heterocycles. The Morgan fingerprint density at radius 3 is 2.50 bits per heavy atom. The number of allylic oxidation sites excluding steroid dienone is 4. The first-order valence-electron chi connectivity index (χ1n) is 5.41. The zero-order valence-corrected chi connectivity index (χ0v) is 9.47. The van der Waals surface area contributed by atoms with E-state index in [1.54, 1.807) is 0 Å². The minimum atomic E-state index is 0.369. The third-order valence-electron chi connectivity index (χ3n) is 2.58. The third kappa shape index (κ3) is 4.40. The fourth-order valence-corrected chi connectivity index (χ4v) is 1.43. The zero-order chi connectivity index (χ0) is 10.6. The van der Waals surface area contributed by atoms with E-state index in [0.717, 1.165) is 25.7 Å². The summed E-state index contributed by atoms with van der Waals surface area (Å²) in [6.07, 6.45) is 8.54. The molecule has 1 saturated carbocycles. The van der Waals surface area contributed by atoms with E-state index in [-0.39, 0.29) is 0 Å². The molecule has 0 heterocycles. The Bertz CT molecular complexity index is 267. The predicted molar refractivity (Wildman–Crippen MR) is 60.2 cm³/mol. The van der Waals surface area contributed by atoms with Crippen LogP contribution in [-0.2, 0) is 4.79 Å². The van der Waals surface area contributed by atoms with Gasteiger partial charge in [-0.15, -0.1) is 0 Å². The van der Waals surface area contributed by atoms with Crippen molar-refractivity contribution < 1.29 is 4.79 Å². The van der Waals surface area contributed by atoms with E-state index in [4.69, 9.17) is 0 Å². The average Bonchev–Trinajstić information content (AvgIpc) is 2.78. The van der Waals surface area contributed by atoms with Crippen LogP contribution in [0.4, 0.5) is 0 Å². The van der Waals surface area contributed by atoms with Gasteiger partial charge in [0.25, 0.3) is 0 Å². The molecule has 0 radical (unpaired) electrons. The third-order valence-corrected chi connectivity index (χ3v) is 2.58. The van der Waals surface area contributed by atoms with Crippen LogP contribution in [0.5, 0.6) is 0 Å². The van der Waals surface area contributed by atoms with E-state index in [1.165, 1.54) is 11.1 Å². The van der Waals surface area contributed by atoms with Gasteiger partial charge < -0.3 is 0 Å². The van der Waals surface area contributed by atoms with E-state index < -0.39 is 0 Å². The SMILES string of the molecule is CC(C)=CCC/C(C)=C/CC1CC1=O. The minimum absolute atomic E-state index is 0.369. The van der Waals surface area contributed by atoms with Gasteiger partial charge in [-0.3, -0.25) is 4.79 Å². The second-order valence-electron chi connectivity index (χ2n) is 4.47. The van der Waals surface area contributed by atoms with Gasteiger partial charge in [0.2, 0.25) is 0 Å². The van der Waals surface area contributed by atoms with Crippen LogP contribution in [0.25, 0.3) is 0 Å². The van der Waals surface area contributed by atoms with Crippen molar-refractivity contribution in [3.05, 3.63) is 23.3 Å². The number of carbonyl (C=O) groups is 1. The Labute approximate surface area is 86.9 Å².